The molecule has 2 aliphatic rings. The minimum atomic E-state index is -1.19. The maximum Gasteiger partial charge on any atom is 0.533 e. The van der Waals surface area contributed by atoms with Crippen LogP contribution in [0.4, 0.5) is 4.79 Å². The van der Waals surface area contributed by atoms with Crippen LogP contribution in [0.2, 0.25) is 0 Å². The summed E-state index contributed by atoms with van der Waals surface area (Å²) in [5.41, 5.74) is 4.27. The summed E-state index contributed by atoms with van der Waals surface area (Å²) in [5.74, 6) is -1.83. The molecule has 1 fully saturated rings. The molecule has 0 radical (unpaired) electrons. The number of unbranched alkanes of at least 4 members (excludes halogenated alkanes) is 2. The minimum absolute atomic E-state index is 0.0302. The van der Waals surface area contributed by atoms with Crippen LogP contribution in [0.25, 0.3) is 11.1 Å². The first-order valence-electron chi connectivity index (χ1n) is 16.2. The van der Waals surface area contributed by atoms with E-state index in [-0.39, 0.29) is 44.0 Å². The molecule has 1 heterocycles. The van der Waals surface area contributed by atoms with E-state index in [1.165, 1.54) is 0 Å². The van der Waals surface area contributed by atoms with Gasteiger partial charge in [0.15, 0.2) is 11.6 Å². The molecule has 46 heavy (non-hydrogen) atoms. The molecule has 2 aromatic carbocycles. The van der Waals surface area contributed by atoms with E-state index in [4.69, 9.17) is 24.2 Å². The van der Waals surface area contributed by atoms with Crippen molar-refractivity contribution in [3.63, 3.8) is 0 Å². The molecular weight excluding hydrogens is 594 g/mol. The Balaban J connectivity index is 1.47. The zero-order valence-corrected chi connectivity index (χ0v) is 26.4. The third-order valence-electron chi connectivity index (χ3n) is 8.05. The molecule has 0 saturated carbocycles. The molecule has 2 amide bonds. The molecule has 1 aliphatic heterocycles. The fourth-order valence-electron chi connectivity index (χ4n) is 5.52. The number of hydrogen-bond donors (Lipinski definition) is 1. The molecule has 11 nitrogen and oxygen atoms in total. The van der Waals surface area contributed by atoms with E-state index in [1.54, 1.807) is 24.3 Å². The summed E-state index contributed by atoms with van der Waals surface area (Å²) < 4.78 is 16.5. The van der Waals surface area contributed by atoms with Crippen molar-refractivity contribution in [3.05, 3.63) is 58.7 Å². The van der Waals surface area contributed by atoms with Gasteiger partial charge in [-0.1, -0.05) is 42.7 Å². The normalized spacial score (nSPS) is 15.2. The van der Waals surface area contributed by atoms with E-state index in [0.717, 1.165) is 41.5 Å². The number of aliphatic hydroxyl groups is 1. The number of ketones is 2. The van der Waals surface area contributed by atoms with Gasteiger partial charge in [0.1, 0.15) is 6.61 Å². The van der Waals surface area contributed by atoms with Crippen LogP contribution in [0.15, 0.2) is 36.4 Å². The first kappa shape index (κ1) is 34.9. The highest BCUT2D eigenvalue weighted by Gasteiger charge is 2.35. The van der Waals surface area contributed by atoms with Gasteiger partial charge in [-0.3, -0.25) is 24.0 Å². The molecule has 11 heteroatoms. The molecule has 1 unspecified atom stereocenters. The number of imide groups is 1. The van der Waals surface area contributed by atoms with Gasteiger partial charge < -0.3 is 19.3 Å². The Hall–Kier alpha value is -3.93. The largest absolute Gasteiger partial charge is 0.533 e. The third-order valence-corrected chi connectivity index (χ3v) is 8.05. The van der Waals surface area contributed by atoms with Gasteiger partial charge in [0.25, 0.3) is 11.8 Å². The van der Waals surface area contributed by atoms with E-state index in [2.05, 4.69) is 6.92 Å². The van der Waals surface area contributed by atoms with Crippen LogP contribution in [0.3, 0.4) is 0 Å². The second kappa shape index (κ2) is 17.7. The van der Waals surface area contributed by atoms with Crippen molar-refractivity contribution < 1.29 is 48.1 Å². The fraction of sp³-hybridized carbons (Fsp3) is 0.514. The van der Waals surface area contributed by atoms with Gasteiger partial charge in [0.05, 0.1) is 0 Å². The molecule has 0 aromatic heterocycles. The Morgan fingerprint density at radius 3 is 1.80 bits per heavy atom. The number of benzene rings is 2. The van der Waals surface area contributed by atoms with Crippen molar-refractivity contribution >= 4 is 29.5 Å². The number of carbonyl (C=O) groups is 5. The fourth-order valence-corrected chi connectivity index (χ4v) is 5.52. The van der Waals surface area contributed by atoms with E-state index in [1.807, 2.05) is 12.1 Å². The molecule has 0 bridgehead atoms. The lowest BCUT2D eigenvalue weighted by molar-refractivity contribution is -0.177. The lowest BCUT2D eigenvalue weighted by Crippen LogP contribution is -2.32. The molecule has 1 saturated heterocycles. The Bertz CT molecular complexity index is 1390. The minimum Gasteiger partial charge on any atom is -0.432 e. The maximum atomic E-state index is 13.1. The summed E-state index contributed by atoms with van der Waals surface area (Å²) in [6.45, 7) is 4.18. The smallest absolute Gasteiger partial charge is 0.432 e. The van der Waals surface area contributed by atoms with Gasteiger partial charge in [-0.2, -0.15) is 0 Å². The summed E-state index contributed by atoms with van der Waals surface area (Å²) in [6.07, 6.45) is 3.97. The number of amides is 2. The van der Waals surface area contributed by atoms with Gasteiger partial charge >= 0.3 is 6.16 Å². The first-order valence-corrected chi connectivity index (χ1v) is 16.2. The predicted molar refractivity (Wildman–Crippen MR) is 167 cm³/mol. The highest BCUT2D eigenvalue weighted by atomic mass is 16.8. The van der Waals surface area contributed by atoms with Gasteiger partial charge in [0.2, 0.25) is 0 Å². The second-order valence-corrected chi connectivity index (χ2v) is 11.5. The predicted octanol–water partition coefficient (Wildman–Crippen LogP) is 5.55. The quantitative estimate of drug-likeness (QED) is 0.0849. The lowest BCUT2D eigenvalue weighted by Gasteiger charge is -2.17. The number of carbonyl (C=O) groups excluding carboxylic acids is 5. The number of nitrogens with zero attached hydrogens (tertiary/aromatic N) is 1. The summed E-state index contributed by atoms with van der Waals surface area (Å²) in [5, 5.41) is 9.30. The second-order valence-electron chi connectivity index (χ2n) is 11.5. The number of aliphatic hydroxyl groups excluding tert-OH is 1. The highest BCUT2D eigenvalue weighted by Crippen LogP contribution is 2.46. The number of hydrogen-bond acceptors (Lipinski definition) is 10. The molecule has 1 atom stereocenters. The van der Waals surface area contributed by atoms with Crippen LogP contribution in [0, 0.1) is 0 Å². The highest BCUT2D eigenvalue weighted by molar-refractivity contribution is 6.01. The summed E-state index contributed by atoms with van der Waals surface area (Å²) in [6, 6.07) is 10.9. The first-order chi connectivity index (χ1) is 22.3. The van der Waals surface area contributed by atoms with Crippen molar-refractivity contribution in [2.24, 2.45) is 0 Å². The number of fused-ring (bicyclic) bond motifs is 3. The van der Waals surface area contributed by atoms with E-state index >= 15 is 0 Å². The van der Waals surface area contributed by atoms with Crippen LogP contribution >= 0.6 is 0 Å². The Morgan fingerprint density at radius 1 is 0.761 bits per heavy atom. The van der Waals surface area contributed by atoms with E-state index < -0.39 is 23.9 Å². The SMILES string of the molecule is CCCCOCCCC(=O)c1ccc2c(c1)C(COC(=O)ON1C(=O)CCC1=O)c1cc(C(=O)CCCOCCCCO)ccc1-2. The molecular formula is C35H43NO10. The summed E-state index contributed by atoms with van der Waals surface area (Å²) in [7, 11) is 0. The average Bonchev–Trinajstić information content (AvgIpc) is 3.55. The topological polar surface area (TPSA) is 146 Å². The number of ether oxygens (including phenoxy) is 3. The zero-order valence-electron chi connectivity index (χ0n) is 26.4. The maximum absolute atomic E-state index is 13.1. The Kier molecular flexibility index (Phi) is 13.4. The van der Waals surface area contributed by atoms with Crippen molar-refractivity contribution in [3.8, 4) is 11.1 Å². The Labute approximate surface area is 269 Å². The van der Waals surface area contributed by atoms with Crippen LogP contribution in [0.1, 0.15) is 109 Å². The van der Waals surface area contributed by atoms with Crippen LogP contribution in [-0.4, -0.2) is 79.3 Å². The molecule has 2 aromatic rings. The van der Waals surface area contributed by atoms with Crippen LogP contribution in [0.5, 0.6) is 0 Å². The van der Waals surface area contributed by atoms with Gasteiger partial charge in [-0.05, 0) is 66.5 Å². The van der Waals surface area contributed by atoms with Crippen LogP contribution < -0.4 is 0 Å². The molecule has 4 rings (SSSR count). The number of Topliss-reactive ketones (excluding diaryl/α,β-unsaturated/α-hetero) is 2. The van der Waals surface area contributed by atoms with E-state index in [0.29, 0.717) is 68.3 Å². The van der Waals surface area contributed by atoms with Crippen molar-refractivity contribution in [2.75, 3.05) is 39.6 Å². The van der Waals surface area contributed by atoms with Gasteiger partial charge in [0, 0.05) is 75.8 Å². The molecule has 1 N–H and O–H groups in total. The zero-order chi connectivity index (χ0) is 32.9. The number of rotatable bonds is 20. The van der Waals surface area contributed by atoms with Crippen molar-refractivity contribution in [1.82, 2.24) is 5.06 Å². The standard InChI is InChI=1S/C35H43NO10/c1-2-3-17-43-19-6-8-31(38)24-10-12-26-27-13-11-25(32(39)9-7-20-44-18-5-4-16-37)22-29(27)30(28(26)21-24)23-45-35(42)46-36-33(40)14-15-34(36)41/h10-13,21-22,30,37H,2-9,14-20,23H2,1H3. The van der Waals surface area contributed by atoms with Crippen molar-refractivity contribution in [2.45, 2.75) is 77.0 Å². The Morgan fingerprint density at radius 2 is 1.28 bits per heavy atom. The molecule has 1 aliphatic carbocycles. The number of hydroxylamine groups is 2. The van der Waals surface area contributed by atoms with Gasteiger partial charge in [-0.25, -0.2) is 4.79 Å². The third kappa shape index (κ3) is 9.31. The van der Waals surface area contributed by atoms with Gasteiger partial charge in [-0.15, -0.1) is 0 Å². The lowest BCUT2D eigenvalue weighted by atomic mass is 9.93. The summed E-state index contributed by atoms with van der Waals surface area (Å²) in [4.78, 5) is 67.4. The van der Waals surface area contributed by atoms with Crippen molar-refractivity contribution in [1.29, 1.82) is 0 Å². The molecule has 248 valence electrons. The summed E-state index contributed by atoms with van der Waals surface area (Å²) >= 11 is 0. The van der Waals surface area contributed by atoms with Crippen LogP contribution in [-0.2, 0) is 28.6 Å². The average molecular weight is 638 g/mol. The monoisotopic (exact) mass is 637 g/mol. The van der Waals surface area contributed by atoms with E-state index in [9.17, 15) is 24.0 Å². The molecule has 0 spiro atoms.